The number of benzene rings is 1. The molecule has 2 aliphatic rings. The van der Waals surface area contributed by atoms with E-state index in [2.05, 4.69) is 12.2 Å². The van der Waals surface area contributed by atoms with Crippen LogP contribution in [0.15, 0.2) is 24.3 Å². The van der Waals surface area contributed by atoms with Crippen molar-refractivity contribution >= 4 is 5.78 Å². The molecule has 2 bridgehead atoms. The summed E-state index contributed by atoms with van der Waals surface area (Å²) in [7, 11) is 1.63. The maximum atomic E-state index is 12.2. The van der Waals surface area contributed by atoms with Crippen LogP contribution in [0.4, 0.5) is 0 Å². The maximum Gasteiger partial charge on any atom is 0.176 e. The van der Waals surface area contributed by atoms with Gasteiger partial charge in [0.1, 0.15) is 5.75 Å². The molecule has 0 spiro atoms. The normalized spacial score (nSPS) is 28.6. The van der Waals surface area contributed by atoms with Crippen molar-refractivity contribution in [2.24, 2.45) is 17.8 Å². The molecule has 0 radical (unpaired) electrons. The van der Waals surface area contributed by atoms with Crippen LogP contribution in [0.2, 0.25) is 0 Å². The third-order valence-corrected chi connectivity index (χ3v) is 5.43. The van der Waals surface area contributed by atoms with Crippen LogP contribution >= 0.6 is 0 Å². The quantitative estimate of drug-likeness (QED) is 0.816. The summed E-state index contributed by atoms with van der Waals surface area (Å²) in [5.74, 6) is 3.57. The zero-order valence-electron chi connectivity index (χ0n) is 13.0. The second-order valence-electron chi connectivity index (χ2n) is 6.66. The summed E-state index contributed by atoms with van der Waals surface area (Å²) in [6, 6.07) is 7.80. The zero-order chi connectivity index (χ0) is 14.8. The van der Waals surface area contributed by atoms with E-state index in [1.165, 1.54) is 25.7 Å². The number of methoxy groups -OCH3 is 1. The lowest BCUT2D eigenvalue weighted by atomic mass is 9.84. The van der Waals surface area contributed by atoms with E-state index < -0.39 is 0 Å². The predicted octanol–water partition coefficient (Wildman–Crippen LogP) is 3.29. The van der Waals surface area contributed by atoms with Gasteiger partial charge in [-0.15, -0.1) is 0 Å². The van der Waals surface area contributed by atoms with E-state index >= 15 is 0 Å². The highest BCUT2D eigenvalue weighted by molar-refractivity contribution is 5.97. The Morgan fingerprint density at radius 2 is 2.05 bits per heavy atom. The first kappa shape index (κ1) is 14.6. The molecule has 21 heavy (non-hydrogen) atoms. The Bertz CT molecular complexity index is 496. The van der Waals surface area contributed by atoms with Crippen molar-refractivity contribution < 1.29 is 9.53 Å². The van der Waals surface area contributed by atoms with Crippen molar-refractivity contribution in [2.75, 3.05) is 13.7 Å². The third-order valence-electron chi connectivity index (χ3n) is 5.43. The van der Waals surface area contributed by atoms with Gasteiger partial charge in [-0.1, -0.05) is 6.42 Å². The first-order chi connectivity index (χ1) is 10.2. The predicted molar refractivity (Wildman–Crippen MR) is 83.7 cm³/mol. The molecule has 0 aliphatic heterocycles. The second-order valence-corrected chi connectivity index (χ2v) is 6.66. The molecule has 1 aromatic carbocycles. The summed E-state index contributed by atoms with van der Waals surface area (Å²) in [6.07, 6.45) is 5.60. The van der Waals surface area contributed by atoms with E-state index in [9.17, 15) is 4.79 Å². The van der Waals surface area contributed by atoms with Gasteiger partial charge in [0.25, 0.3) is 0 Å². The van der Waals surface area contributed by atoms with Crippen LogP contribution in [-0.2, 0) is 0 Å². The first-order valence-corrected chi connectivity index (χ1v) is 8.08. The van der Waals surface area contributed by atoms with E-state index in [0.29, 0.717) is 12.6 Å². The van der Waals surface area contributed by atoms with Gasteiger partial charge < -0.3 is 10.1 Å². The fourth-order valence-corrected chi connectivity index (χ4v) is 4.19. The number of fused-ring (bicyclic) bond motifs is 2. The van der Waals surface area contributed by atoms with Crippen LogP contribution in [0.3, 0.4) is 0 Å². The second kappa shape index (κ2) is 6.18. The molecule has 2 saturated carbocycles. The molecule has 0 saturated heterocycles. The molecule has 3 heteroatoms. The van der Waals surface area contributed by atoms with Crippen LogP contribution in [0, 0.1) is 17.8 Å². The molecule has 3 rings (SSSR count). The summed E-state index contributed by atoms with van der Waals surface area (Å²) in [5, 5.41) is 3.46. The molecular formula is C18H25NO2. The molecule has 2 fully saturated rings. The van der Waals surface area contributed by atoms with E-state index in [-0.39, 0.29) is 5.78 Å². The van der Waals surface area contributed by atoms with Crippen LogP contribution in [0.25, 0.3) is 0 Å². The SMILES string of the molecule is COc1ccc(C(=O)CNC(C)C2CC3CCC2C3)cc1. The Morgan fingerprint density at radius 3 is 2.62 bits per heavy atom. The lowest BCUT2D eigenvalue weighted by molar-refractivity contribution is 0.0981. The van der Waals surface area contributed by atoms with Gasteiger partial charge in [-0.2, -0.15) is 0 Å². The Balaban J connectivity index is 1.50. The van der Waals surface area contributed by atoms with Crippen molar-refractivity contribution in [3.05, 3.63) is 29.8 Å². The van der Waals surface area contributed by atoms with Crippen molar-refractivity contribution in [2.45, 2.75) is 38.6 Å². The number of rotatable bonds is 6. The average molecular weight is 287 g/mol. The highest BCUT2D eigenvalue weighted by Crippen LogP contribution is 2.49. The zero-order valence-corrected chi connectivity index (χ0v) is 13.0. The molecule has 2 aliphatic carbocycles. The van der Waals surface area contributed by atoms with Crippen LogP contribution < -0.4 is 10.1 Å². The first-order valence-electron chi connectivity index (χ1n) is 8.08. The fraction of sp³-hybridized carbons (Fsp3) is 0.611. The summed E-state index contributed by atoms with van der Waals surface area (Å²) >= 11 is 0. The van der Waals surface area contributed by atoms with E-state index in [1.807, 2.05) is 24.3 Å². The van der Waals surface area contributed by atoms with Gasteiger partial charge in [0.15, 0.2) is 5.78 Å². The number of ketones is 1. The van der Waals surface area contributed by atoms with Gasteiger partial charge in [-0.05, 0) is 68.2 Å². The molecule has 4 atom stereocenters. The van der Waals surface area contributed by atoms with Gasteiger partial charge in [0, 0.05) is 11.6 Å². The molecular weight excluding hydrogens is 262 g/mol. The number of hydrogen-bond donors (Lipinski definition) is 1. The molecule has 114 valence electrons. The summed E-state index contributed by atoms with van der Waals surface area (Å²) in [5.41, 5.74) is 0.753. The minimum atomic E-state index is 0.160. The molecule has 0 heterocycles. The van der Waals surface area contributed by atoms with E-state index in [0.717, 1.165) is 29.1 Å². The van der Waals surface area contributed by atoms with Gasteiger partial charge in [-0.3, -0.25) is 4.79 Å². The third kappa shape index (κ3) is 3.13. The lowest BCUT2D eigenvalue weighted by Gasteiger charge is -2.28. The van der Waals surface area contributed by atoms with E-state index in [4.69, 9.17) is 4.74 Å². The maximum absolute atomic E-state index is 12.2. The molecule has 4 unspecified atom stereocenters. The Morgan fingerprint density at radius 1 is 1.29 bits per heavy atom. The standard InChI is InChI=1S/C18H25NO2/c1-12(17-10-13-3-4-15(17)9-13)19-11-18(20)14-5-7-16(21-2)8-6-14/h5-8,12-13,15,17,19H,3-4,9-11H2,1-2H3. The van der Waals surface area contributed by atoms with Gasteiger partial charge in [-0.25, -0.2) is 0 Å². The number of ether oxygens (including phenoxy) is 1. The van der Waals surface area contributed by atoms with Crippen LogP contribution in [-0.4, -0.2) is 25.5 Å². The van der Waals surface area contributed by atoms with Crippen molar-refractivity contribution in [1.82, 2.24) is 5.32 Å². The number of hydrogen-bond acceptors (Lipinski definition) is 3. The van der Waals surface area contributed by atoms with Crippen LogP contribution in [0.5, 0.6) is 5.75 Å². The van der Waals surface area contributed by atoms with Crippen molar-refractivity contribution in [1.29, 1.82) is 0 Å². The monoisotopic (exact) mass is 287 g/mol. The summed E-state index contributed by atoms with van der Waals surface area (Å²) in [6.45, 7) is 2.67. The Hall–Kier alpha value is -1.35. The van der Waals surface area contributed by atoms with Gasteiger partial charge in [0.2, 0.25) is 0 Å². The average Bonchev–Trinajstić information content (AvgIpc) is 3.15. The number of Topliss-reactive ketones (excluding diaryl/α,β-unsaturated/α-hetero) is 1. The van der Waals surface area contributed by atoms with Gasteiger partial charge >= 0.3 is 0 Å². The molecule has 1 N–H and O–H groups in total. The summed E-state index contributed by atoms with van der Waals surface area (Å²) < 4.78 is 5.12. The van der Waals surface area contributed by atoms with Crippen LogP contribution in [0.1, 0.15) is 43.0 Å². The lowest BCUT2D eigenvalue weighted by Crippen LogP contribution is -2.39. The van der Waals surface area contributed by atoms with E-state index in [1.54, 1.807) is 7.11 Å². The number of carbonyl (C=O) groups excluding carboxylic acids is 1. The van der Waals surface area contributed by atoms with Crippen molar-refractivity contribution in [3.8, 4) is 5.75 Å². The highest BCUT2D eigenvalue weighted by atomic mass is 16.5. The Kier molecular flexibility index (Phi) is 4.29. The minimum absolute atomic E-state index is 0.160. The molecule has 1 aromatic rings. The smallest absolute Gasteiger partial charge is 0.176 e. The largest absolute Gasteiger partial charge is 0.497 e. The molecule has 0 aromatic heterocycles. The van der Waals surface area contributed by atoms with Crippen molar-refractivity contribution in [3.63, 3.8) is 0 Å². The summed E-state index contributed by atoms with van der Waals surface area (Å²) in [4.78, 5) is 12.2. The Labute approximate surface area is 127 Å². The number of carbonyl (C=O) groups is 1. The molecule has 3 nitrogen and oxygen atoms in total. The topological polar surface area (TPSA) is 38.3 Å². The van der Waals surface area contributed by atoms with Gasteiger partial charge in [0.05, 0.1) is 13.7 Å². The number of nitrogens with one attached hydrogen (secondary N) is 1. The fourth-order valence-electron chi connectivity index (χ4n) is 4.19. The highest BCUT2D eigenvalue weighted by Gasteiger charge is 2.41. The minimum Gasteiger partial charge on any atom is -0.497 e. The molecule has 0 amide bonds.